The summed E-state index contributed by atoms with van der Waals surface area (Å²) in [5, 5.41) is 9.05. The first-order chi connectivity index (χ1) is 4.84. The van der Waals surface area contributed by atoms with Gasteiger partial charge < -0.3 is 5.11 Å². The fraction of sp³-hybridized carbons (Fsp3) is 0.125. The summed E-state index contributed by atoms with van der Waals surface area (Å²) in [7, 11) is 0. The van der Waals surface area contributed by atoms with E-state index in [0.29, 0.717) is 5.56 Å². The highest BCUT2D eigenvalue weighted by Gasteiger charge is 1.99. The van der Waals surface area contributed by atoms with Crippen LogP contribution in [0.1, 0.15) is 11.7 Å². The highest BCUT2D eigenvalue weighted by Crippen LogP contribution is 2.07. The second-order valence-electron chi connectivity index (χ2n) is 1.86. The molecule has 2 nitrogen and oxygen atoms in total. The number of aliphatic hydroxyl groups is 1. The Labute approximate surface area is 59.5 Å². The van der Waals surface area contributed by atoms with E-state index in [-0.39, 0.29) is 0 Å². The summed E-state index contributed by atoms with van der Waals surface area (Å²) < 4.78 is 0. The zero-order valence-electron chi connectivity index (χ0n) is 5.36. The Morgan fingerprint density at radius 1 is 1.70 bits per heavy atom. The number of aromatic nitrogens is 1. The van der Waals surface area contributed by atoms with Crippen LogP contribution in [-0.4, -0.2) is 10.1 Å². The van der Waals surface area contributed by atoms with Crippen molar-refractivity contribution in [2.75, 3.05) is 0 Å². The third-order valence-corrected chi connectivity index (χ3v) is 1.16. The Kier molecular flexibility index (Phi) is 2.03. The van der Waals surface area contributed by atoms with Crippen molar-refractivity contribution in [3.63, 3.8) is 0 Å². The Bertz CT molecular complexity index is 237. The minimum Gasteiger partial charge on any atom is -0.376 e. The predicted molar refractivity (Wildman–Crippen MR) is 38.0 cm³/mol. The number of nitrogens with zero attached hydrogens (tertiary/aromatic N) is 1. The SMILES string of the molecule is C#C[C@@H](O)c1cccnc1. The van der Waals surface area contributed by atoms with Gasteiger partial charge in [-0.2, -0.15) is 0 Å². The molecule has 1 atom stereocenters. The number of aliphatic hydroxyl groups excluding tert-OH is 1. The summed E-state index contributed by atoms with van der Waals surface area (Å²) in [6.45, 7) is 0. The van der Waals surface area contributed by atoms with E-state index in [1.807, 2.05) is 0 Å². The van der Waals surface area contributed by atoms with Crippen LogP contribution in [0.5, 0.6) is 0 Å². The van der Waals surface area contributed by atoms with E-state index in [1.165, 1.54) is 0 Å². The van der Waals surface area contributed by atoms with Gasteiger partial charge >= 0.3 is 0 Å². The van der Waals surface area contributed by atoms with Gasteiger partial charge in [-0.05, 0) is 6.07 Å². The number of terminal acetylenes is 1. The van der Waals surface area contributed by atoms with Gasteiger partial charge in [0.1, 0.15) is 6.10 Å². The number of hydrogen-bond acceptors (Lipinski definition) is 2. The van der Waals surface area contributed by atoms with Crippen molar-refractivity contribution < 1.29 is 5.11 Å². The Hall–Kier alpha value is -1.33. The third-order valence-electron chi connectivity index (χ3n) is 1.16. The monoisotopic (exact) mass is 133 g/mol. The van der Waals surface area contributed by atoms with Gasteiger partial charge in [-0.1, -0.05) is 12.0 Å². The molecule has 1 N–H and O–H groups in total. The molecular weight excluding hydrogens is 126 g/mol. The van der Waals surface area contributed by atoms with E-state index in [2.05, 4.69) is 10.9 Å². The molecule has 50 valence electrons. The van der Waals surface area contributed by atoms with Crippen LogP contribution in [-0.2, 0) is 0 Å². The van der Waals surface area contributed by atoms with Crippen LogP contribution in [0, 0.1) is 12.3 Å². The summed E-state index contributed by atoms with van der Waals surface area (Å²) in [6.07, 6.45) is 7.33. The summed E-state index contributed by atoms with van der Waals surface area (Å²) >= 11 is 0. The molecule has 0 unspecified atom stereocenters. The van der Waals surface area contributed by atoms with Crippen molar-refractivity contribution in [3.8, 4) is 12.3 Å². The molecule has 0 aliphatic rings. The van der Waals surface area contributed by atoms with Crippen molar-refractivity contribution in [3.05, 3.63) is 30.1 Å². The molecule has 1 aromatic heterocycles. The van der Waals surface area contributed by atoms with Crippen molar-refractivity contribution in [2.24, 2.45) is 0 Å². The molecule has 1 heterocycles. The highest BCUT2D eigenvalue weighted by molar-refractivity contribution is 5.19. The first-order valence-corrected chi connectivity index (χ1v) is 2.88. The molecule has 0 bridgehead atoms. The third kappa shape index (κ3) is 1.34. The first kappa shape index (κ1) is 6.79. The van der Waals surface area contributed by atoms with Crippen LogP contribution in [0.25, 0.3) is 0 Å². The lowest BCUT2D eigenvalue weighted by molar-refractivity contribution is 0.238. The summed E-state index contributed by atoms with van der Waals surface area (Å²) in [5.41, 5.74) is 0.657. The lowest BCUT2D eigenvalue weighted by Gasteiger charge is -1.99. The van der Waals surface area contributed by atoms with Crippen LogP contribution in [0.2, 0.25) is 0 Å². The number of pyridine rings is 1. The molecule has 0 spiro atoms. The minimum absolute atomic E-state index is 0.657. The van der Waals surface area contributed by atoms with Gasteiger partial charge in [-0.3, -0.25) is 4.98 Å². The van der Waals surface area contributed by atoms with Crippen molar-refractivity contribution in [2.45, 2.75) is 6.10 Å². The maximum Gasteiger partial charge on any atom is 0.141 e. The van der Waals surface area contributed by atoms with Crippen LogP contribution >= 0.6 is 0 Å². The topological polar surface area (TPSA) is 33.1 Å². The quantitative estimate of drug-likeness (QED) is 0.573. The summed E-state index contributed by atoms with van der Waals surface area (Å²) in [4.78, 5) is 3.80. The zero-order chi connectivity index (χ0) is 7.40. The second kappa shape index (κ2) is 3.00. The highest BCUT2D eigenvalue weighted by atomic mass is 16.3. The van der Waals surface area contributed by atoms with Gasteiger partial charge in [0, 0.05) is 18.0 Å². The van der Waals surface area contributed by atoms with Gasteiger partial charge in [0.15, 0.2) is 0 Å². The second-order valence-corrected chi connectivity index (χ2v) is 1.86. The van der Waals surface area contributed by atoms with Gasteiger partial charge in [-0.25, -0.2) is 0 Å². The summed E-state index contributed by atoms with van der Waals surface area (Å²) in [5.74, 6) is 2.20. The average Bonchev–Trinajstić information content (AvgIpc) is 2.05. The standard InChI is InChI=1S/C8H7NO/c1-2-8(10)7-4-3-5-9-6-7/h1,3-6,8,10H/t8-/m1/s1. The smallest absolute Gasteiger partial charge is 0.141 e. The number of hydrogen-bond donors (Lipinski definition) is 1. The fourth-order valence-corrected chi connectivity index (χ4v) is 0.634. The molecule has 2 heteroatoms. The molecule has 0 saturated carbocycles. The lowest BCUT2D eigenvalue weighted by Crippen LogP contribution is -1.92. The van der Waals surface area contributed by atoms with E-state index < -0.39 is 6.10 Å². The molecule has 10 heavy (non-hydrogen) atoms. The van der Waals surface area contributed by atoms with Crippen LogP contribution < -0.4 is 0 Å². The Morgan fingerprint density at radius 3 is 3.00 bits per heavy atom. The van der Waals surface area contributed by atoms with Gasteiger partial charge in [0.25, 0.3) is 0 Å². The normalized spacial score (nSPS) is 12.0. The van der Waals surface area contributed by atoms with Crippen LogP contribution in [0.3, 0.4) is 0 Å². The predicted octanol–water partition coefficient (Wildman–Crippen LogP) is 0.748. The molecular formula is C8H7NO. The Balaban J connectivity index is 2.88. The molecule has 1 rings (SSSR count). The van der Waals surface area contributed by atoms with E-state index in [9.17, 15) is 0 Å². The van der Waals surface area contributed by atoms with Crippen LogP contribution in [0.15, 0.2) is 24.5 Å². The molecule has 0 aliphatic carbocycles. The van der Waals surface area contributed by atoms with Crippen molar-refractivity contribution in [1.29, 1.82) is 0 Å². The van der Waals surface area contributed by atoms with Gasteiger partial charge in [0.05, 0.1) is 0 Å². The molecule has 0 radical (unpaired) electrons. The fourth-order valence-electron chi connectivity index (χ4n) is 0.634. The van der Waals surface area contributed by atoms with Crippen molar-refractivity contribution >= 4 is 0 Å². The van der Waals surface area contributed by atoms with E-state index in [0.717, 1.165) is 0 Å². The number of rotatable bonds is 1. The molecule has 0 fully saturated rings. The lowest BCUT2D eigenvalue weighted by atomic mass is 10.2. The molecule has 0 aromatic carbocycles. The maximum absolute atomic E-state index is 9.05. The molecule has 0 amide bonds. The van der Waals surface area contributed by atoms with E-state index in [1.54, 1.807) is 24.5 Å². The molecule has 1 aromatic rings. The maximum atomic E-state index is 9.05. The molecule has 0 saturated heterocycles. The average molecular weight is 133 g/mol. The minimum atomic E-state index is -0.825. The first-order valence-electron chi connectivity index (χ1n) is 2.88. The zero-order valence-corrected chi connectivity index (χ0v) is 5.36. The van der Waals surface area contributed by atoms with Crippen molar-refractivity contribution in [1.82, 2.24) is 4.98 Å². The van der Waals surface area contributed by atoms with Gasteiger partial charge in [0.2, 0.25) is 0 Å². The van der Waals surface area contributed by atoms with E-state index in [4.69, 9.17) is 11.5 Å². The summed E-state index contributed by atoms with van der Waals surface area (Å²) in [6, 6.07) is 3.47. The van der Waals surface area contributed by atoms with Gasteiger partial charge in [-0.15, -0.1) is 6.42 Å². The van der Waals surface area contributed by atoms with E-state index >= 15 is 0 Å². The Morgan fingerprint density at radius 2 is 2.50 bits per heavy atom. The molecule has 0 aliphatic heterocycles. The van der Waals surface area contributed by atoms with Crippen LogP contribution in [0.4, 0.5) is 0 Å². The largest absolute Gasteiger partial charge is 0.376 e.